The summed E-state index contributed by atoms with van der Waals surface area (Å²) >= 11 is 0. The molecule has 1 aromatic carbocycles. The van der Waals surface area contributed by atoms with E-state index in [1.165, 1.54) is 25.7 Å². The number of hydrogen-bond donors (Lipinski definition) is 1. The van der Waals surface area contributed by atoms with Crippen molar-refractivity contribution >= 4 is 17.1 Å². The van der Waals surface area contributed by atoms with Crippen molar-refractivity contribution in [3.8, 4) is 23.0 Å². The number of morpholine rings is 1. The number of nitrogens with zero attached hydrogens (tertiary/aromatic N) is 6. The summed E-state index contributed by atoms with van der Waals surface area (Å²) in [4.78, 5) is 28.6. The van der Waals surface area contributed by atoms with Crippen LogP contribution < -0.4 is 10.7 Å². The van der Waals surface area contributed by atoms with Crippen LogP contribution in [-0.2, 0) is 11.3 Å². The minimum absolute atomic E-state index is 0.0551. The summed E-state index contributed by atoms with van der Waals surface area (Å²) in [7, 11) is 0. The molecule has 2 aliphatic rings. The van der Waals surface area contributed by atoms with Crippen molar-refractivity contribution in [2.45, 2.75) is 46.1 Å². The summed E-state index contributed by atoms with van der Waals surface area (Å²) in [5.74, 6) is 1.92. The van der Waals surface area contributed by atoms with Crippen molar-refractivity contribution in [2.75, 3.05) is 31.2 Å². The molecule has 36 heavy (non-hydrogen) atoms. The Kier molecular flexibility index (Phi) is 6.04. The minimum Gasteiger partial charge on any atom is -0.384 e. The zero-order valence-corrected chi connectivity index (χ0v) is 20.7. The van der Waals surface area contributed by atoms with Gasteiger partial charge in [-0.1, -0.05) is 43.5 Å². The Balaban J connectivity index is 1.56. The molecule has 1 N–H and O–H groups in total. The highest BCUT2D eigenvalue weighted by Gasteiger charge is 2.28. The Morgan fingerprint density at radius 3 is 2.61 bits per heavy atom. The highest BCUT2D eigenvalue weighted by Crippen LogP contribution is 2.36. The summed E-state index contributed by atoms with van der Waals surface area (Å²) in [5.41, 5.74) is 4.34. The zero-order chi connectivity index (χ0) is 24.6. The van der Waals surface area contributed by atoms with Gasteiger partial charge in [-0.05, 0) is 37.7 Å². The lowest BCUT2D eigenvalue weighted by molar-refractivity contribution is 0.121. The topological polar surface area (TPSA) is 115 Å². The van der Waals surface area contributed by atoms with Gasteiger partial charge in [-0.3, -0.25) is 0 Å². The van der Waals surface area contributed by atoms with Crippen LogP contribution in [0.4, 0.5) is 5.95 Å². The lowest BCUT2D eigenvalue weighted by Crippen LogP contribution is -2.38. The first-order valence-corrected chi connectivity index (χ1v) is 12.8. The first kappa shape index (κ1) is 22.9. The number of benzene rings is 1. The average Bonchev–Trinajstić information content (AvgIpc) is 3.49. The van der Waals surface area contributed by atoms with Gasteiger partial charge in [0.2, 0.25) is 11.8 Å². The third-order valence-electron chi connectivity index (χ3n) is 7.37. The second-order valence-corrected chi connectivity index (χ2v) is 10.1. The second kappa shape index (κ2) is 9.50. The minimum atomic E-state index is -0.642. The molecule has 0 radical (unpaired) electrons. The molecule has 0 unspecified atom stereocenters. The molecule has 0 amide bonds. The molecular formula is C26H31N7O3. The fourth-order valence-corrected chi connectivity index (χ4v) is 5.39. The Morgan fingerprint density at radius 2 is 1.89 bits per heavy atom. The third kappa shape index (κ3) is 4.41. The van der Waals surface area contributed by atoms with Gasteiger partial charge in [-0.25, -0.2) is 19.9 Å². The van der Waals surface area contributed by atoms with E-state index in [-0.39, 0.29) is 11.7 Å². The van der Waals surface area contributed by atoms with E-state index in [9.17, 15) is 4.79 Å². The molecular weight excluding hydrogens is 458 g/mol. The summed E-state index contributed by atoms with van der Waals surface area (Å²) in [6.45, 7) is 8.18. The number of rotatable bonds is 5. The fourth-order valence-electron chi connectivity index (χ4n) is 5.39. The Hall–Kier alpha value is -3.53. The maximum Gasteiger partial charge on any atom is 0.434 e. The number of anilines is 1. The van der Waals surface area contributed by atoms with Crippen LogP contribution in [0.3, 0.4) is 0 Å². The van der Waals surface area contributed by atoms with Gasteiger partial charge < -0.3 is 18.6 Å². The van der Waals surface area contributed by atoms with Gasteiger partial charge in [0.05, 0.1) is 13.2 Å². The van der Waals surface area contributed by atoms with E-state index in [2.05, 4.69) is 45.6 Å². The van der Waals surface area contributed by atoms with Gasteiger partial charge in [-0.15, -0.1) is 5.10 Å². The number of aromatic nitrogens is 6. The molecule has 0 bridgehead atoms. The van der Waals surface area contributed by atoms with E-state index in [4.69, 9.17) is 24.1 Å². The number of ether oxygens (including phenoxy) is 1. The molecule has 188 valence electrons. The normalized spacial score (nSPS) is 20.8. The van der Waals surface area contributed by atoms with Crippen LogP contribution in [0.5, 0.6) is 0 Å². The molecule has 10 heteroatoms. The van der Waals surface area contributed by atoms with Crippen LogP contribution in [0.25, 0.3) is 34.1 Å². The van der Waals surface area contributed by atoms with Gasteiger partial charge in [0.15, 0.2) is 5.65 Å². The van der Waals surface area contributed by atoms with Crippen LogP contribution >= 0.6 is 0 Å². The first-order valence-electron chi connectivity index (χ1n) is 12.8. The molecule has 3 aromatic heterocycles. The standard InChI is InChI=1S/C26H31N7O3/c1-16-6-8-18(9-7-16)15-33-21-20(19-5-3-4-17(2)14-19)27-23(24-30-31-26(34)36-24)28-22(21)29-25(33)32-10-12-35-13-11-32/h3-5,14,16,18H,6-13,15H2,1-2H3,(H,31,34)/t16-,18-. The predicted molar refractivity (Wildman–Crippen MR) is 136 cm³/mol. The van der Waals surface area contributed by atoms with Gasteiger partial charge in [0.25, 0.3) is 5.89 Å². The van der Waals surface area contributed by atoms with Crippen molar-refractivity contribution in [2.24, 2.45) is 11.8 Å². The lowest BCUT2D eigenvalue weighted by atomic mass is 9.83. The summed E-state index contributed by atoms with van der Waals surface area (Å²) in [6.07, 6.45) is 4.93. The number of aromatic amines is 1. The van der Waals surface area contributed by atoms with Crippen molar-refractivity contribution in [1.29, 1.82) is 0 Å². The molecule has 0 spiro atoms. The van der Waals surface area contributed by atoms with E-state index in [0.29, 0.717) is 24.8 Å². The van der Waals surface area contributed by atoms with E-state index in [1.807, 2.05) is 12.1 Å². The van der Waals surface area contributed by atoms with E-state index < -0.39 is 5.76 Å². The highest BCUT2D eigenvalue weighted by atomic mass is 16.5. The maximum absolute atomic E-state index is 11.7. The van der Waals surface area contributed by atoms with Gasteiger partial charge in [-0.2, -0.15) is 4.98 Å². The summed E-state index contributed by atoms with van der Waals surface area (Å²) < 4.78 is 13.2. The fraction of sp³-hybridized carbons (Fsp3) is 0.500. The smallest absolute Gasteiger partial charge is 0.384 e. The number of imidazole rings is 1. The van der Waals surface area contributed by atoms with Crippen molar-refractivity contribution in [3.63, 3.8) is 0 Å². The van der Waals surface area contributed by atoms with E-state index >= 15 is 0 Å². The van der Waals surface area contributed by atoms with Crippen LogP contribution in [0.2, 0.25) is 0 Å². The van der Waals surface area contributed by atoms with Crippen LogP contribution in [0, 0.1) is 18.8 Å². The summed E-state index contributed by atoms with van der Waals surface area (Å²) in [6, 6.07) is 8.25. The average molecular weight is 490 g/mol. The van der Waals surface area contributed by atoms with Gasteiger partial charge >= 0.3 is 5.76 Å². The predicted octanol–water partition coefficient (Wildman–Crippen LogP) is 3.81. The molecule has 6 rings (SSSR count). The molecule has 1 aliphatic heterocycles. The van der Waals surface area contributed by atoms with Gasteiger partial charge in [0, 0.05) is 25.2 Å². The van der Waals surface area contributed by atoms with Crippen LogP contribution in [0.15, 0.2) is 33.5 Å². The molecule has 4 heterocycles. The number of aryl methyl sites for hydroxylation is 1. The number of H-pyrrole nitrogens is 1. The quantitative estimate of drug-likeness (QED) is 0.450. The zero-order valence-electron chi connectivity index (χ0n) is 20.7. The Morgan fingerprint density at radius 1 is 1.08 bits per heavy atom. The molecule has 1 saturated heterocycles. The molecule has 1 saturated carbocycles. The Bertz CT molecular complexity index is 1430. The van der Waals surface area contributed by atoms with Crippen molar-refractivity contribution < 1.29 is 9.15 Å². The van der Waals surface area contributed by atoms with E-state index in [1.54, 1.807) is 0 Å². The molecule has 10 nitrogen and oxygen atoms in total. The third-order valence-corrected chi connectivity index (χ3v) is 7.37. The van der Waals surface area contributed by atoms with Gasteiger partial charge in [0.1, 0.15) is 11.2 Å². The molecule has 0 atom stereocenters. The van der Waals surface area contributed by atoms with E-state index in [0.717, 1.165) is 53.8 Å². The second-order valence-electron chi connectivity index (χ2n) is 10.1. The first-order chi connectivity index (χ1) is 17.5. The number of nitrogens with one attached hydrogen (secondary N) is 1. The maximum atomic E-state index is 11.7. The number of hydrogen-bond acceptors (Lipinski definition) is 8. The lowest BCUT2D eigenvalue weighted by Gasteiger charge is -2.31. The SMILES string of the molecule is Cc1cccc(-c2nc(-c3n[nH]c(=O)o3)nc3nc(N4CCOCC4)n(C[C@H]4CC[C@H](C)CC4)c23)c1. The summed E-state index contributed by atoms with van der Waals surface area (Å²) in [5, 5.41) is 6.28. The Labute approximate surface area is 208 Å². The molecule has 2 fully saturated rings. The van der Waals surface area contributed by atoms with Crippen molar-refractivity contribution in [3.05, 3.63) is 40.4 Å². The largest absolute Gasteiger partial charge is 0.434 e. The molecule has 4 aromatic rings. The number of fused-ring (bicyclic) bond motifs is 1. The van der Waals surface area contributed by atoms with Crippen LogP contribution in [0.1, 0.15) is 38.2 Å². The monoisotopic (exact) mass is 489 g/mol. The molecule has 1 aliphatic carbocycles. The highest BCUT2D eigenvalue weighted by molar-refractivity contribution is 5.91. The van der Waals surface area contributed by atoms with Crippen LogP contribution in [-0.4, -0.2) is 56.0 Å². The van der Waals surface area contributed by atoms with Crippen molar-refractivity contribution in [1.82, 2.24) is 29.7 Å².